The van der Waals surface area contributed by atoms with Gasteiger partial charge in [0, 0.05) is 6.54 Å². The second-order valence-electron chi connectivity index (χ2n) is 7.10. The molecule has 0 fully saturated rings. The largest absolute Gasteiger partial charge is 0.497 e. The Balaban J connectivity index is 1.94. The lowest BCUT2D eigenvalue weighted by Crippen LogP contribution is -2.35. The molecule has 2 aromatic rings. The molecule has 1 amide bonds. The van der Waals surface area contributed by atoms with Crippen molar-refractivity contribution in [3.63, 3.8) is 0 Å². The van der Waals surface area contributed by atoms with E-state index in [-0.39, 0.29) is 12.1 Å². The van der Waals surface area contributed by atoms with E-state index in [1.54, 1.807) is 19.2 Å². The lowest BCUT2D eigenvalue weighted by Gasteiger charge is -2.13. The Hall–Kier alpha value is -3.59. The van der Waals surface area contributed by atoms with Crippen molar-refractivity contribution in [2.24, 2.45) is 0 Å². The van der Waals surface area contributed by atoms with Crippen LogP contribution in [0.4, 0.5) is 0 Å². The lowest BCUT2D eigenvalue weighted by molar-refractivity contribution is -0.150. The van der Waals surface area contributed by atoms with Gasteiger partial charge in [-0.2, -0.15) is 5.26 Å². The summed E-state index contributed by atoms with van der Waals surface area (Å²) in [6.45, 7) is 5.93. The average Bonchev–Trinajstić information content (AvgIpc) is 2.76. The molecule has 2 aromatic carbocycles. The van der Waals surface area contributed by atoms with Crippen LogP contribution in [0.25, 0.3) is 6.08 Å². The molecule has 0 aromatic heterocycles. The minimum Gasteiger partial charge on any atom is -0.497 e. The van der Waals surface area contributed by atoms with Gasteiger partial charge in [0.15, 0.2) is 6.10 Å². The Morgan fingerprint density at radius 1 is 1.07 bits per heavy atom. The van der Waals surface area contributed by atoms with Crippen molar-refractivity contribution < 1.29 is 19.1 Å². The Labute approximate surface area is 177 Å². The molecule has 0 aliphatic carbocycles. The van der Waals surface area contributed by atoms with Crippen LogP contribution < -0.4 is 10.1 Å². The number of benzene rings is 2. The van der Waals surface area contributed by atoms with Gasteiger partial charge < -0.3 is 14.8 Å². The number of hydrogen-bond donors (Lipinski definition) is 1. The van der Waals surface area contributed by atoms with E-state index >= 15 is 0 Å². The smallest absolute Gasteiger partial charge is 0.349 e. The molecule has 1 atom stereocenters. The van der Waals surface area contributed by atoms with Gasteiger partial charge in [0.05, 0.1) is 7.11 Å². The van der Waals surface area contributed by atoms with E-state index < -0.39 is 18.0 Å². The topological polar surface area (TPSA) is 88.4 Å². The minimum absolute atomic E-state index is 0.165. The summed E-state index contributed by atoms with van der Waals surface area (Å²) in [5.74, 6) is -0.168. The normalized spacial score (nSPS) is 12.1. The zero-order valence-corrected chi connectivity index (χ0v) is 17.6. The zero-order valence-electron chi connectivity index (χ0n) is 17.6. The Morgan fingerprint density at radius 3 is 2.23 bits per heavy atom. The maximum Gasteiger partial charge on any atom is 0.349 e. The zero-order chi connectivity index (χ0) is 22.1. The third-order valence-electron chi connectivity index (χ3n) is 4.53. The molecule has 0 saturated carbocycles. The van der Waals surface area contributed by atoms with Gasteiger partial charge in [0.1, 0.15) is 17.4 Å². The van der Waals surface area contributed by atoms with Crippen molar-refractivity contribution in [2.75, 3.05) is 7.11 Å². The van der Waals surface area contributed by atoms with Crippen LogP contribution in [0.15, 0.2) is 54.1 Å². The Morgan fingerprint density at radius 2 is 1.70 bits per heavy atom. The second-order valence-corrected chi connectivity index (χ2v) is 7.10. The summed E-state index contributed by atoms with van der Waals surface area (Å²) in [6, 6.07) is 16.7. The molecular weight excluding hydrogens is 380 g/mol. The van der Waals surface area contributed by atoms with E-state index in [1.807, 2.05) is 42.5 Å². The summed E-state index contributed by atoms with van der Waals surface area (Å²) < 4.78 is 10.3. The molecule has 0 saturated heterocycles. The van der Waals surface area contributed by atoms with Crippen LogP contribution in [0, 0.1) is 11.3 Å². The fourth-order valence-electron chi connectivity index (χ4n) is 2.63. The first-order valence-corrected chi connectivity index (χ1v) is 9.67. The number of hydrogen-bond acceptors (Lipinski definition) is 5. The molecule has 0 bridgehead atoms. The van der Waals surface area contributed by atoms with Gasteiger partial charge in [-0.05, 0) is 47.7 Å². The first kappa shape index (κ1) is 22.7. The molecule has 6 nitrogen and oxygen atoms in total. The third-order valence-corrected chi connectivity index (χ3v) is 4.53. The summed E-state index contributed by atoms with van der Waals surface area (Å²) in [6.07, 6.45) is 0.421. The average molecular weight is 406 g/mol. The fourth-order valence-corrected chi connectivity index (χ4v) is 2.63. The highest BCUT2D eigenvalue weighted by atomic mass is 16.5. The van der Waals surface area contributed by atoms with Crippen LogP contribution in [-0.4, -0.2) is 25.1 Å². The van der Waals surface area contributed by atoms with Crippen molar-refractivity contribution in [3.8, 4) is 11.8 Å². The van der Waals surface area contributed by atoms with Crippen LogP contribution in [0.1, 0.15) is 43.4 Å². The van der Waals surface area contributed by atoms with E-state index in [1.165, 1.54) is 13.0 Å². The second kappa shape index (κ2) is 10.8. The predicted octanol–water partition coefficient (Wildman–Crippen LogP) is 3.97. The molecule has 156 valence electrons. The van der Waals surface area contributed by atoms with Crippen molar-refractivity contribution in [2.45, 2.75) is 39.3 Å². The number of ether oxygens (including phenoxy) is 2. The highest BCUT2D eigenvalue weighted by Crippen LogP contribution is 2.17. The van der Waals surface area contributed by atoms with Gasteiger partial charge in [-0.25, -0.2) is 4.79 Å². The number of amides is 1. The van der Waals surface area contributed by atoms with Crippen LogP contribution in [0.5, 0.6) is 5.75 Å². The molecule has 0 heterocycles. The monoisotopic (exact) mass is 406 g/mol. The fraction of sp³-hybridized carbons (Fsp3) is 0.292. The SMILES string of the molecule is COc1ccc(CNC(=O)[C@H](C)OC(=O)/C(C#N)=C/c2ccc(C(C)C)cc2)cc1. The van der Waals surface area contributed by atoms with E-state index in [4.69, 9.17) is 9.47 Å². The van der Waals surface area contributed by atoms with Crippen molar-refractivity contribution in [1.29, 1.82) is 5.26 Å². The van der Waals surface area contributed by atoms with Crippen LogP contribution in [0.3, 0.4) is 0 Å². The molecule has 0 aliphatic rings. The van der Waals surface area contributed by atoms with Crippen molar-refractivity contribution >= 4 is 18.0 Å². The van der Waals surface area contributed by atoms with Gasteiger partial charge in [-0.1, -0.05) is 50.2 Å². The number of nitriles is 1. The van der Waals surface area contributed by atoms with E-state index in [0.717, 1.165) is 16.9 Å². The Bertz CT molecular complexity index is 939. The molecule has 1 N–H and O–H groups in total. The van der Waals surface area contributed by atoms with Gasteiger partial charge >= 0.3 is 5.97 Å². The Kier molecular flexibility index (Phi) is 8.18. The quantitative estimate of drug-likeness (QED) is 0.407. The van der Waals surface area contributed by atoms with Crippen LogP contribution in [-0.2, 0) is 20.9 Å². The number of rotatable bonds is 8. The molecule has 6 heteroatoms. The first-order chi connectivity index (χ1) is 14.3. The number of carbonyl (C=O) groups is 2. The minimum atomic E-state index is -1.03. The number of methoxy groups -OCH3 is 1. The highest BCUT2D eigenvalue weighted by molar-refractivity contribution is 5.99. The first-order valence-electron chi connectivity index (χ1n) is 9.67. The van der Waals surface area contributed by atoms with Crippen LogP contribution in [0.2, 0.25) is 0 Å². The van der Waals surface area contributed by atoms with Crippen LogP contribution >= 0.6 is 0 Å². The van der Waals surface area contributed by atoms with Crippen molar-refractivity contribution in [3.05, 3.63) is 70.8 Å². The third kappa shape index (κ3) is 6.49. The lowest BCUT2D eigenvalue weighted by atomic mass is 10.0. The predicted molar refractivity (Wildman–Crippen MR) is 115 cm³/mol. The van der Waals surface area contributed by atoms with E-state index in [2.05, 4.69) is 19.2 Å². The summed E-state index contributed by atoms with van der Waals surface area (Å²) in [5, 5.41) is 12.0. The molecule has 0 radical (unpaired) electrons. The maximum atomic E-state index is 12.3. The van der Waals surface area contributed by atoms with Gasteiger partial charge in [-0.15, -0.1) is 0 Å². The number of nitrogens with zero attached hydrogens (tertiary/aromatic N) is 1. The van der Waals surface area contributed by atoms with E-state index in [0.29, 0.717) is 11.5 Å². The highest BCUT2D eigenvalue weighted by Gasteiger charge is 2.20. The molecular formula is C24H26N2O4. The molecule has 2 rings (SSSR count). The van der Waals surface area contributed by atoms with Gasteiger partial charge in [-0.3, -0.25) is 4.79 Å². The van der Waals surface area contributed by atoms with Gasteiger partial charge in [0.25, 0.3) is 5.91 Å². The molecule has 0 unspecified atom stereocenters. The van der Waals surface area contributed by atoms with Crippen molar-refractivity contribution in [1.82, 2.24) is 5.32 Å². The molecule has 0 spiro atoms. The number of carbonyl (C=O) groups excluding carboxylic acids is 2. The standard InChI is InChI=1S/C24H26N2O4/c1-16(2)20-9-5-18(6-10-20)13-21(14-25)24(28)30-17(3)23(27)26-15-19-7-11-22(29-4)12-8-19/h5-13,16-17H,15H2,1-4H3,(H,26,27)/b21-13+/t17-/m0/s1. The molecule has 0 aliphatic heterocycles. The summed E-state index contributed by atoms with van der Waals surface area (Å²) >= 11 is 0. The summed E-state index contributed by atoms with van der Waals surface area (Å²) in [7, 11) is 1.58. The number of esters is 1. The molecule has 30 heavy (non-hydrogen) atoms. The van der Waals surface area contributed by atoms with Gasteiger partial charge in [0.2, 0.25) is 0 Å². The number of nitrogens with one attached hydrogen (secondary N) is 1. The summed E-state index contributed by atoms with van der Waals surface area (Å²) in [5.41, 5.74) is 2.59. The maximum absolute atomic E-state index is 12.3. The summed E-state index contributed by atoms with van der Waals surface area (Å²) in [4.78, 5) is 24.5. The van der Waals surface area contributed by atoms with E-state index in [9.17, 15) is 14.9 Å².